The van der Waals surface area contributed by atoms with Crippen LogP contribution in [0, 0.1) is 6.92 Å². The maximum atomic E-state index is 12.8. The zero-order chi connectivity index (χ0) is 26.7. The summed E-state index contributed by atoms with van der Waals surface area (Å²) in [5.41, 5.74) is 6.73. The zero-order valence-corrected chi connectivity index (χ0v) is 22.5. The molecule has 0 saturated carbocycles. The van der Waals surface area contributed by atoms with Gasteiger partial charge in [0, 0.05) is 36.8 Å². The third-order valence-electron chi connectivity index (χ3n) is 6.36. The number of carbonyl (C=O) groups excluding carboxylic acids is 1. The summed E-state index contributed by atoms with van der Waals surface area (Å²) in [6, 6.07) is 7.43. The highest BCUT2D eigenvalue weighted by molar-refractivity contribution is 7.92. The number of carbonyl (C=O) groups is 1. The SMILES string of the molecule is CCOC(=O)N=S(C)(=O)Cc1cccc(Nc2ncc3c(n2)CN(c2cnc4c(c2C)NCCO4)CC3)c1. The van der Waals surface area contributed by atoms with Crippen molar-refractivity contribution in [1.82, 2.24) is 15.0 Å². The van der Waals surface area contributed by atoms with Crippen molar-refractivity contribution in [1.29, 1.82) is 0 Å². The van der Waals surface area contributed by atoms with E-state index >= 15 is 0 Å². The molecule has 0 radical (unpaired) electrons. The van der Waals surface area contributed by atoms with Crippen LogP contribution in [0.5, 0.6) is 5.88 Å². The molecule has 2 aliphatic rings. The number of fused-ring (bicyclic) bond motifs is 2. The number of anilines is 4. The van der Waals surface area contributed by atoms with Crippen molar-refractivity contribution >= 4 is 38.8 Å². The molecule has 5 rings (SSSR count). The Morgan fingerprint density at radius 2 is 2.18 bits per heavy atom. The number of ether oxygens (including phenoxy) is 2. The first-order valence-corrected chi connectivity index (χ1v) is 14.6. The van der Waals surface area contributed by atoms with Crippen molar-refractivity contribution in [2.45, 2.75) is 32.6 Å². The van der Waals surface area contributed by atoms with Crippen molar-refractivity contribution in [3.8, 4) is 5.88 Å². The number of rotatable bonds is 6. The Labute approximate surface area is 222 Å². The van der Waals surface area contributed by atoms with Crippen molar-refractivity contribution in [2.24, 2.45) is 4.36 Å². The first kappa shape index (κ1) is 25.7. The number of hydrogen-bond acceptors (Lipinski definition) is 10. The average molecular weight is 538 g/mol. The van der Waals surface area contributed by atoms with Crippen molar-refractivity contribution < 1.29 is 18.5 Å². The third-order valence-corrected chi connectivity index (χ3v) is 7.76. The predicted octanol–water partition coefficient (Wildman–Crippen LogP) is 4.04. The molecule has 0 bridgehead atoms. The van der Waals surface area contributed by atoms with Crippen LogP contribution in [0.1, 0.15) is 29.3 Å². The Bertz CT molecular complexity index is 1490. The Balaban J connectivity index is 1.31. The zero-order valence-electron chi connectivity index (χ0n) is 21.7. The second-order valence-electron chi connectivity index (χ2n) is 9.28. The number of aromatic nitrogens is 3. The summed E-state index contributed by atoms with van der Waals surface area (Å²) in [7, 11) is -2.78. The van der Waals surface area contributed by atoms with E-state index in [1.165, 1.54) is 6.26 Å². The molecule has 2 N–H and O–H groups in total. The molecule has 38 heavy (non-hydrogen) atoms. The molecule has 12 heteroatoms. The third kappa shape index (κ3) is 5.80. The molecule has 0 aliphatic carbocycles. The molecule has 2 aliphatic heterocycles. The van der Waals surface area contributed by atoms with Crippen LogP contribution in [0.15, 0.2) is 41.0 Å². The van der Waals surface area contributed by atoms with Gasteiger partial charge in [-0.3, -0.25) is 0 Å². The maximum Gasteiger partial charge on any atom is 0.441 e. The quantitative estimate of drug-likeness (QED) is 0.475. The lowest BCUT2D eigenvalue weighted by Crippen LogP contribution is -2.32. The summed E-state index contributed by atoms with van der Waals surface area (Å²) in [5.74, 6) is 1.25. The lowest BCUT2D eigenvalue weighted by molar-refractivity contribution is 0.164. The monoisotopic (exact) mass is 537 g/mol. The highest BCUT2D eigenvalue weighted by Crippen LogP contribution is 2.36. The molecule has 2 aromatic heterocycles. The van der Waals surface area contributed by atoms with Gasteiger partial charge in [0.2, 0.25) is 11.8 Å². The Kier molecular flexibility index (Phi) is 7.32. The Hall–Kier alpha value is -3.93. The van der Waals surface area contributed by atoms with Gasteiger partial charge in [0.15, 0.2) is 0 Å². The van der Waals surface area contributed by atoms with Gasteiger partial charge in [-0.15, -0.1) is 4.36 Å². The van der Waals surface area contributed by atoms with E-state index in [4.69, 9.17) is 14.5 Å². The first-order valence-electron chi connectivity index (χ1n) is 12.5. The van der Waals surface area contributed by atoms with Crippen molar-refractivity contribution in [3.05, 3.63) is 59.0 Å². The van der Waals surface area contributed by atoms with E-state index in [1.807, 2.05) is 36.7 Å². The number of amides is 1. The smallest absolute Gasteiger partial charge is 0.441 e. The first-order chi connectivity index (χ1) is 18.3. The van der Waals surface area contributed by atoms with Crippen LogP contribution in [0.3, 0.4) is 0 Å². The van der Waals surface area contributed by atoms with E-state index in [9.17, 15) is 9.00 Å². The molecule has 3 aromatic rings. The topological polar surface area (TPSA) is 131 Å². The highest BCUT2D eigenvalue weighted by atomic mass is 32.2. The van der Waals surface area contributed by atoms with E-state index in [0.29, 0.717) is 25.0 Å². The van der Waals surface area contributed by atoms with Gasteiger partial charge in [-0.05, 0) is 43.5 Å². The van der Waals surface area contributed by atoms with Crippen molar-refractivity contribution in [2.75, 3.05) is 48.1 Å². The largest absolute Gasteiger partial charge is 0.474 e. The molecule has 0 fully saturated rings. The molecule has 200 valence electrons. The number of benzene rings is 1. The number of nitrogens with one attached hydrogen (secondary N) is 2. The van der Waals surface area contributed by atoms with Gasteiger partial charge in [0.05, 0.1) is 46.2 Å². The van der Waals surface area contributed by atoms with Gasteiger partial charge in [-0.2, -0.15) is 0 Å². The van der Waals surface area contributed by atoms with Gasteiger partial charge in [-0.1, -0.05) is 12.1 Å². The molecule has 1 unspecified atom stereocenters. The average Bonchev–Trinajstić information content (AvgIpc) is 2.88. The molecule has 11 nitrogen and oxygen atoms in total. The standard InChI is InChI=1S/C26H31N7O4S/c1-4-36-26(34)32-38(3,35)16-18-6-5-7-20(12-18)30-25-29-13-19-8-10-33(15-21(19)31-25)22-14-28-24-23(17(22)2)27-9-11-37-24/h5-7,12-14,27H,4,8-11,15-16H2,1-3H3,(H,29,30,31). The summed E-state index contributed by atoms with van der Waals surface area (Å²) >= 11 is 0. The lowest BCUT2D eigenvalue weighted by atomic mass is 10.0. The molecule has 0 saturated heterocycles. The molecule has 4 heterocycles. The van der Waals surface area contributed by atoms with Crippen molar-refractivity contribution in [3.63, 3.8) is 0 Å². The van der Waals surface area contributed by atoms with Crippen LogP contribution in [0.2, 0.25) is 0 Å². The minimum absolute atomic E-state index is 0.120. The van der Waals surface area contributed by atoms with Crippen LogP contribution in [0.25, 0.3) is 0 Å². The second kappa shape index (κ2) is 10.8. The molecule has 0 spiro atoms. The van der Waals surface area contributed by atoms with E-state index in [2.05, 4.69) is 36.8 Å². The molecule has 1 atom stereocenters. The Morgan fingerprint density at radius 3 is 3.03 bits per heavy atom. The number of pyridine rings is 1. The Morgan fingerprint density at radius 1 is 1.32 bits per heavy atom. The normalized spacial score (nSPS) is 15.7. The van der Waals surface area contributed by atoms with Gasteiger partial charge in [0.1, 0.15) is 12.3 Å². The van der Waals surface area contributed by atoms with Gasteiger partial charge in [0.25, 0.3) is 0 Å². The lowest BCUT2D eigenvalue weighted by Gasteiger charge is -2.32. The molecule has 1 amide bonds. The van der Waals surface area contributed by atoms with Gasteiger partial charge in [-0.25, -0.2) is 24.0 Å². The fourth-order valence-electron chi connectivity index (χ4n) is 4.62. The van der Waals surface area contributed by atoms with Crippen LogP contribution in [-0.2, 0) is 33.2 Å². The minimum Gasteiger partial charge on any atom is -0.474 e. The van der Waals surface area contributed by atoms with Crippen LogP contribution >= 0.6 is 0 Å². The van der Waals surface area contributed by atoms with E-state index < -0.39 is 15.8 Å². The fraction of sp³-hybridized carbons (Fsp3) is 0.385. The summed E-state index contributed by atoms with van der Waals surface area (Å²) in [4.78, 5) is 27.8. The fourth-order valence-corrected chi connectivity index (χ4v) is 5.85. The second-order valence-corrected chi connectivity index (χ2v) is 11.7. The van der Waals surface area contributed by atoms with Gasteiger partial charge < -0.3 is 25.0 Å². The number of nitrogens with zero attached hydrogens (tertiary/aromatic N) is 5. The van der Waals surface area contributed by atoms with Crippen LogP contribution in [0.4, 0.5) is 27.8 Å². The molecule has 1 aromatic carbocycles. The minimum atomic E-state index is -2.78. The van der Waals surface area contributed by atoms with E-state index in [-0.39, 0.29) is 12.4 Å². The summed E-state index contributed by atoms with van der Waals surface area (Å²) < 4.78 is 27.0. The highest BCUT2D eigenvalue weighted by Gasteiger charge is 2.24. The van der Waals surface area contributed by atoms with Crippen LogP contribution in [-0.4, -0.2) is 57.8 Å². The molecular formula is C26H31N7O4S. The van der Waals surface area contributed by atoms with Gasteiger partial charge >= 0.3 is 6.09 Å². The van der Waals surface area contributed by atoms with E-state index in [0.717, 1.165) is 59.0 Å². The molecular weight excluding hydrogens is 506 g/mol. The maximum absolute atomic E-state index is 12.8. The predicted molar refractivity (Wildman–Crippen MR) is 147 cm³/mol. The van der Waals surface area contributed by atoms with E-state index in [1.54, 1.807) is 6.92 Å². The summed E-state index contributed by atoms with van der Waals surface area (Å²) in [5, 5.41) is 6.66. The summed E-state index contributed by atoms with van der Waals surface area (Å²) in [6.45, 7) is 6.82. The summed E-state index contributed by atoms with van der Waals surface area (Å²) in [6.07, 6.45) is 5.22. The van der Waals surface area contributed by atoms with Crippen LogP contribution < -0.4 is 20.3 Å². The number of hydrogen-bond donors (Lipinski definition) is 2.